The van der Waals surface area contributed by atoms with E-state index in [4.69, 9.17) is 9.47 Å². The fourth-order valence-corrected chi connectivity index (χ4v) is 3.04. The maximum Gasteiger partial charge on any atom is 0.257 e. The highest BCUT2D eigenvalue weighted by Gasteiger charge is 2.29. The fourth-order valence-electron chi connectivity index (χ4n) is 3.04. The van der Waals surface area contributed by atoms with Gasteiger partial charge in [0, 0.05) is 45.0 Å². The van der Waals surface area contributed by atoms with Crippen LogP contribution in [-0.4, -0.2) is 61.2 Å². The quantitative estimate of drug-likeness (QED) is 0.786. The molecule has 0 bridgehead atoms. The Hall–Kier alpha value is -2.83. The second-order valence-electron chi connectivity index (χ2n) is 6.44. The Morgan fingerprint density at radius 2 is 2.04 bits per heavy atom. The van der Waals surface area contributed by atoms with Gasteiger partial charge in [-0.05, 0) is 6.07 Å². The Kier molecular flexibility index (Phi) is 5.55. The molecule has 7 heteroatoms. The smallest absolute Gasteiger partial charge is 0.257 e. The molecule has 0 aliphatic carbocycles. The van der Waals surface area contributed by atoms with Crippen molar-refractivity contribution in [2.75, 3.05) is 39.2 Å². The SMILES string of the molecule is COc1ccccc1CC(=O)N1CCC(Oc2nccnc2N(C)C)C1. The predicted octanol–water partition coefficient (Wildman–Crippen LogP) is 1.77. The largest absolute Gasteiger partial charge is 0.496 e. The van der Waals surface area contributed by atoms with E-state index in [0.29, 0.717) is 31.2 Å². The minimum absolute atomic E-state index is 0.0765. The maximum absolute atomic E-state index is 12.6. The lowest BCUT2D eigenvalue weighted by atomic mass is 10.1. The molecule has 1 unspecified atom stereocenters. The maximum atomic E-state index is 12.6. The van der Waals surface area contributed by atoms with E-state index in [0.717, 1.165) is 17.7 Å². The number of rotatable bonds is 6. The van der Waals surface area contributed by atoms with E-state index in [-0.39, 0.29) is 12.0 Å². The summed E-state index contributed by atoms with van der Waals surface area (Å²) in [5.41, 5.74) is 0.896. The summed E-state index contributed by atoms with van der Waals surface area (Å²) in [6.07, 6.45) is 4.28. The van der Waals surface area contributed by atoms with Crippen molar-refractivity contribution in [3.63, 3.8) is 0 Å². The van der Waals surface area contributed by atoms with Gasteiger partial charge in [0.2, 0.25) is 5.91 Å². The van der Waals surface area contributed by atoms with Crippen LogP contribution in [0.3, 0.4) is 0 Å². The molecule has 1 amide bonds. The highest BCUT2D eigenvalue weighted by molar-refractivity contribution is 5.79. The number of carbonyl (C=O) groups is 1. The average molecular weight is 356 g/mol. The zero-order chi connectivity index (χ0) is 18.5. The third-order valence-electron chi connectivity index (χ3n) is 4.38. The van der Waals surface area contributed by atoms with Crippen LogP contribution >= 0.6 is 0 Å². The molecule has 1 aromatic carbocycles. The summed E-state index contributed by atoms with van der Waals surface area (Å²) in [4.78, 5) is 24.9. The van der Waals surface area contributed by atoms with Crippen LogP contribution in [0.4, 0.5) is 5.82 Å². The summed E-state index contributed by atoms with van der Waals surface area (Å²) in [6.45, 7) is 1.23. The number of hydrogen-bond acceptors (Lipinski definition) is 6. The lowest BCUT2D eigenvalue weighted by Gasteiger charge is -2.19. The first-order valence-electron chi connectivity index (χ1n) is 8.63. The second kappa shape index (κ2) is 8.03. The molecule has 0 N–H and O–H groups in total. The van der Waals surface area contributed by atoms with E-state index < -0.39 is 0 Å². The summed E-state index contributed by atoms with van der Waals surface area (Å²) in [6, 6.07) is 7.60. The number of nitrogens with zero attached hydrogens (tertiary/aromatic N) is 4. The molecule has 1 aromatic heterocycles. The van der Waals surface area contributed by atoms with Gasteiger partial charge in [0.25, 0.3) is 5.88 Å². The van der Waals surface area contributed by atoms with Gasteiger partial charge in [0.1, 0.15) is 11.9 Å². The molecule has 1 aliphatic rings. The van der Waals surface area contributed by atoms with Crippen LogP contribution in [0.2, 0.25) is 0 Å². The van der Waals surface area contributed by atoms with E-state index >= 15 is 0 Å². The van der Waals surface area contributed by atoms with Crippen LogP contribution in [0.15, 0.2) is 36.7 Å². The zero-order valence-electron chi connectivity index (χ0n) is 15.4. The number of hydrogen-bond donors (Lipinski definition) is 0. The van der Waals surface area contributed by atoms with E-state index in [2.05, 4.69) is 9.97 Å². The Morgan fingerprint density at radius 3 is 2.81 bits per heavy atom. The third-order valence-corrected chi connectivity index (χ3v) is 4.38. The van der Waals surface area contributed by atoms with Gasteiger partial charge in [-0.1, -0.05) is 18.2 Å². The molecule has 2 heterocycles. The Balaban J connectivity index is 1.61. The molecule has 2 aromatic rings. The van der Waals surface area contributed by atoms with Gasteiger partial charge in [-0.2, -0.15) is 0 Å². The topological polar surface area (TPSA) is 67.8 Å². The van der Waals surface area contributed by atoms with Crippen LogP contribution in [0.25, 0.3) is 0 Å². The van der Waals surface area contributed by atoms with Gasteiger partial charge in [-0.25, -0.2) is 9.97 Å². The van der Waals surface area contributed by atoms with E-state index in [1.807, 2.05) is 48.2 Å². The molecule has 1 saturated heterocycles. The van der Waals surface area contributed by atoms with Crippen molar-refractivity contribution in [3.8, 4) is 11.6 Å². The van der Waals surface area contributed by atoms with Crippen molar-refractivity contribution in [3.05, 3.63) is 42.2 Å². The van der Waals surface area contributed by atoms with Gasteiger partial charge in [-0.3, -0.25) is 4.79 Å². The van der Waals surface area contributed by atoms with Gasteiger partial charge in [0.15, 0.2) is 5.82 Å². The van der Waals surface area contributed by atoms with Crippen LogP contribution in [0.1, 0.15) is 12.0 Å². The number of aromatic nitrogens is 2. The van der Waals surface area contributed by atoms with Crippen LogP contribution in [-0.2, 0) is 11.2 Å². The molecule has 0 spiro atoms. The molecule has 0 radical (unpaired) electrons. The lowest BCUT2D eigenvalue weighted by Crippen LogP contribution is -2.32. The molecule has 1 aliphatic heterocycles. The van der Waals surface area contributed by atoms with Crippen molar-refractivity contribution in [1.82, 2.24) is 14.9 Å². The Morgan fingerprint density at radius 1 is 1.27 bits per heavy atom. The fraction of sp³-hybridized carbons (Fsp3) is 0.421. The first kappa shape index (κ1) is 18.0. The van der Waals surface area contributed by atoms with E-state index in [9.17, 15) is 4.79 Å². The predicted molar refractivity (Wildman–Crippen MR) is 98.7 cm³/mol. The number of para-hydroxylation sites is 1. The average Bonchev–Trinajstić information content (AvgIpc) is 3.11. The molecule has 0 saturated carbocycles. The van der Waals surface area contributed by atoms with Crippen molar-refractivity contribution >= 4 is 11.7 Å². The van der Waals surface area contributed by atoms with Gasteiger partial charge < -0.3 is 19.3 Å². The van der Waals surface area contributed by atoms with E-state index in [1.165, 1.54) is 0 Å². The first-order valence-corrected chi connectivity index (χ1v) is 8.63. The summed E-state index contributed by atoms with van der Waals surface area (Å²) in [5, 5.41) is 0. The van der Waals surface area contributed by atoms with Crippen molar-refractivity contribution in [2.24, 2.45) is 0 Å². The highest BCUT2D eigenvalue weighted by atomic mass is 16.5. The normalized spacial score (nSPS) is 16.4. The lowest BCUT2D eigenvalue weighted by molar-refractivity contribution is -0.129. The zero-order valence-corrected chi connectivity index (χ0v) is 15.4. The minimum atomic E-state index is -0.0768. The molecule has 3 rings (SSSR count). The van der Waals surface area contributed by atoms with Crippen molar-refractivity contribution in [2.45, 2.75) is 18.9 Å². The number of methoxy groups -OCH3 is 1. The number of benzene rings is 1. The highest BCUT2D eigenvalue weighted by Crippen LogP contribution is 2.25. The third kappa shape index (κ3) is 4.04. The molecule has 7 nitrogen and oxygen atoms in total. The first-order chi connectivity index (χ1) is 12.6. The number of carbonyl (C=O) groups excluding carboxylic acids is 1. The molecule has 26 heavy (non-hydrogen) atoms. The number of anilines is 1. The van der Waals surface area contributed by atoms with Crippen LogP contribution in [0.5, 0.6) is 11.6 Å². The molecule has 138 valence electrons. The van der Waals surface area contributed by atoms with Crippen LogP contribution < -0.4 is 14.4 Å². The van der Waals surface area contributed by atoms with Crippen molar-refractivity contribution < 1.29 is 14.3 Å². The summed E-state index contributed by atoms with van der Waals surface area (Å²) in [5.74, 6) is 2.00. The number of amides is 1. The van der Waals surface area contributed by atoms with Crippen molar-refractivity contribution in [1.29, 1.82) is 0 Å². The molecular weight excluding hydrogens is 332 g/mol. The van der Waals surface area contributed by atoms with Gasteiger partial charge >= 0.3 is 0 Å². The molecule has 1 atom stereocenters. The second-order valence-corrected chi connectivity index (χ2v) is 6.44. The van der Waals surface area contributed by atoms with Gasteiger partial charge in [-0.15, -0.1) is 0 Å². The summed E-state index contributed by atoms with van der Waals surface area (Å²) >= 11 is 0. The molecular formula is C19H24N4O3. The minimum Gasteiger partial charge on any atom is -0.496 e. The Bertz CT molecular complexity index is 766. The number of likely N-dealkylation sites (tertiary alicyclic amines) is 1. The number of ether oxygens (including phenoxy) is 2. The summed E-state index contributed by atoms with van der Waals surface area (Å²) < 4.78 is 11.3. The Labute approximate surface area is 153 Å². The monoisotopic (exact) mass is 356 g/mol. The molecule has 1 fully saturated rings. The standard InChI is InChI=1S/C19H24N4O3/c1-22(2)18-19(21-10-9-20-18)26-15-8-11-23(13-15)17(24)12-14-6-4-5-7-16(14)25-3/h4-7,9-10,15H,8,11-13H2,1-3H3. The van der Waals surface area contributed by atoms with Gasteiger partial charge in [0.05, 0.1) is 20.1 Å². The van der Waals surface area contributed by atoms with E-state index in [1.54, 1.807) is 19.5 Å². The summed E-state index contributed by atoms with van der Waals surface area (Å²) in [7, 11) is 5.41. The van der Waals surface area contributed by atoms with Crippen LogP contribution in [0, 0.1) is 0 Å².